The highest BCUT2D eigenvalue weighted by atomic mass is 32.2. The highest BCUT2D eigenvalue weighted by Crippen LogP contribution is 2.34. The number of hydrogen-bond donors (Lipinski definition) is 0. The molecule has 0 radical (unpaired) electrons. The second-order valence-electron chi connectivity index (χ2n) is 33.1. The fourth-order valence-electron chi connectivity index (χ4n) is 11.5. The van der Waals surface area contributed by atoms with Crippen LogP contribution in [-0.4, -0.2) is 205 Å². The first-order chi connectivity index (χ1) is 47.0. The highest BCUT2D eigenvalue weighted by Gasteiger charge is 2.50. The summed E-state index contributed by atoms with van der Waals surface area (Å²) in [7, 11) is -17.3. The molecule has 0 bridgehead atoms. The molecular weight excluding hydrogens is 1520 g/mol. The van der Waals surface area contributed by atoms with Gasteiger partial charge in [-0.15, -0.1) is 11.8 Å². The number of rotatable bonds is 6. The second kappa shape index (κ2) is 43.4. The van der Waals surface area contributed by atoms with E-state index in [1.807, 2.05) is 80.8 Å². The van der Waals surface area contributed by atoms with Gasteiger partial charge in [-0.2, -0.15) is 0 Å². The van der Waals surface area contributed by atoms with Gasteiger partial charge in [0.15, 0.2) is 6.10 Å². The molecule has 5 atom stereocenters. The van der Waals surface area contributed by atoms with E-state index in [1.54, 1.807) is 18.7 Å². The van der Waals surface area contributed by atoms with E-state index in [1.165, 1.54) is 6.04 Å². The van der Waals surface area contributed by atoms with Gasteiger partial charge in [-0.05, 0) is 219 Å². The van der Waals surface area contributed by atoms with Crippen LogP contribution < -0.4 is 0 Å². The molecule has 10 aliphatic heterocycles. The summed E-state index contributed by atoms with van der Waals surface area (Å²) in [6.07, 6.45) is 7.25. The van der Waals surface area contributed by atoms with Gasteiger partial charge < -0.3 is 67.3 Å². The van der Waals surface area contributed by atoms with Crippen LogP contribution in [0.2, 0.25) is 153 Å². The summed E-state index contributed by atoms with van der Waals surface area (Å²) in [5.41, 5.74) is 0. The molecule has 10 aliphatic rings. The van der Waals surface area contributed by atoms with Crippen LogP contribution in [0.3, 0.4) is 0 Å². The molecule has 0 N–H and O–H groups in total. The maximum atomic E-state index is 11.2. The van der Waals surface area contributed by atoms with Crippen molar-refractivity contribution in [3.63, 3.8) is 0 Å². The zero-order valence-electron chi connectivity index (χ0n) is 68.0. The summed E-state index contributed by atoms with van der Waals surface area (Å²) in [5.74, 6) is 1.11. The van der Waals surface area contributed by atoms with E-state index >= 15 is 0 Å². The maximum Gasteiger partial charge on any atom is 0.567 e. The zero-order valence-corrected chi connectivity index (χ0v) is 78.8. The van der Waals surface area contributed by atoms with Crippen molar-refractivity contribution in [2.45, 2.75) is 292 Å². The summed E-state index contributed by atoms with van der Waals surface area (Å²) >= 11 is 1.70. The van der Waals surface area contributed by atoms with Crippen LogP contribution >= 0.6 is 11.8 Å². The molecule has 10 fully saturated rings. The molecule has 0 aromatic heterocycles. The number of ether oxygens (including phenoxy) is 3. The summed E-state index contributed by atoms with van der Waals surface area (Å²) < 4.78 is 78.8. The van der Waals surface area contributed by atoms with E-state index in [4.69, 9.17) is 67.3 Å². The van der Waals surface area contributed by atoms with Crippen molar-refractivity contribution in [3.05, 3.63) is 0 Å². The molecule has 103 heavy (non-hydrogen) atoms. The first-order valence-corrected chi connectivity index (χ1v) is 67.3. The summed E-state index contributed by atoms with van der Waals surface area (Å²) in [6.45, 7) is 55.9. The van der Waals surface area contributed by atoms with Crippen LogP contribution in [0.1, 0.15) is 128 Å². The number of thioether (sulfide) groups is 1. The quantitative estimate of drug-likeness (QED) is 0.223. The van der Waals surface area contributed by atoms with Crippen molar-refractivity contribution in [2.24, 2.45) is 23.7 Å². The third-order valence-electron chi connectivity index (χ3n) is 18.0. The molecule has 10 heterocycles. The summed E-state index contributed by atoms with van der Waals surface area (Å²) in [6, 6.07) is 8.63. The van der Waals surface area contributed by atoms with E-state index < -0.39 is 83.7 Å². The van der Waals surface area contributed by atoms with Gasteiger partial charge in [0, 0.05) is 50.3 Å². The van der Waals surface area contributed by atoms with Crippen LogP contribution in [0.15, 0.2) is 0 Å². The third-order valence-corrected chi connectivity index (χ3v) is 46.8. The van der Waals surface area contributed by atoms with E-state index in [0.717, 1.165) is 73.4 Å². The molecule has 0 aromatic carbocycles. The Labute approximate surface area is 632 Å². The first kappa shape index (κ1) is 98.0. The molecule has 0 spiro atoms. The second-order valence-corrected chi connectivity index (χ2v) is 74.9. The van der Waals surface area contributed by atoms with Crippen molar-refractivity contribution in [1.82, 2.24) is 0 Å². The maximum absolute atomic E-state index is 11.2. The normalized spacial score (nSPS) is 27.8. The van der Waals surface area contributed by atoms with Gasteiger partial charge in [-0.25, -0.2) is 0 Å². The van der Waals surface area contributed by atoms with Gasteiger partial charge in [0.1, 0.15) is 13.2 Å². The van der Waals surface area contributed by atoms with Crippen LogP contribution in [0, 0.1) is 23.7 Å². The van der Waals surface area contributed by atoms with E-state index in [9.17, 15) is 47.9 Å². The number of hydrogen-bond acceptors (Lipinski definition) is 26. The minimum absolute atomic E-state index is 0.00965. The van der Waals surface area contributed by atoms with Crippen molar-refractivity contribution in [1.29, 1.82) is 0 Å². The molecule has 10 saturated heterocycles. The van der Waals surface area contributed by atoms with E-state index in [2.05, 4.69) is 93.2 Å². The lowest BCUT2D eigenvalue weighted by Gasteiger charge is -2.41. The first-order valence-electron chi connectivity index (χ1n) is 36.9. The van der Waals surface area contributed by atoms with Crippen LogP contribution in [0.25, 0.3) is 0 Å². The lowest BCUT2D eigenvalue weighted by atomic mass is 9.98. The monoisotopic (exact) mass is 1650 g/mol. The van der Waals surface area contributed by atoms with Crippen LogP contribution in [-0.2, 0) is 115 Å². The van der Waals surface area contributed by atoms with Crippen LogP contribution in [0.4, 0.5) is 0 Å². The Kier molecular flexibility index (Phi) is 41.3. The van der Waals surface area contributed by atoms with Crippen molar-refractivity contribution < 1.29 is 115 Å². The molecule has 36 heteroatoms. The zero-order chi connectivity index (χ0) is 79.4. The van der Waals surface area contributed by atoms with Gasteiger partial charge in [-0.1, -0.05) is 41.5 Å². The van der Waals surface area contributed by atoms with Gasteiger partial charge >= 0.3 is 32.7 Å². The lowest BCUT2D eigenvalue weighted by molar-refractivity contribution is -0.151. The summed E-state index contributed by atoms with van der Waals surface area (Å²) in [4.78, 5) is 109. The largest absolute Gasteiger partial charge is 0.567 e. The Morgan fingerprint density at radius 1 is 0.447 bits per heavy atom. The fraction of sp³-hybridized carbons (Fsp3) is 0.851. The molecule has 25 nitrogen and oxygen atoms in total. The standard InChI is InChI=1S/C8H16O4Si.2C8H16O2Si.C7H14O3Si.2C7H14O2Si.C6H12O3Si.C6H12O2Si.C5H10O3Si.C5H10O2SSi/c1-3-10-13(11-4-2)7-5-6-8(9)12-13;1-6-5-11(3,4)10-8(9)7(6)2;1-3-11(4-2)7-5-6-8(9)10-11;1-7(2)9-5-6(8)10-11(7,3)4;1-6-4-7(8)9-10(2,3)5-6;1-6-4-5-10(2,3)9-7(6)8;1-5-6(7)9-10(2,3)4-8-5;1-9(2)5-3-4-6(7)8-9;1-9(2)4-7-3-5(6)8-9;1-9(2)4-8-3-5(6)7-9/h3-7H2,1-2H3;6-7H,5H2,1-4H3;3-7H2,1-2H3;5H2,1-4H3;2*6H,4-5H2,1-3H3;5H,4H2,1-3H3;3-5H2,1-2H3;2*3-4H2,1-2H3. The smallest absolute Gasteiger partial charge is 0.520 e. The van der Waals surface area contributed by atoms with E-state index in [-0.39, 0.29) is 96.1 Å². The molecule has 0 amide bonds. The topological polar surface area (TPSA) is 309 Å². The van der Waals surface area contributed by atoms with Crippen molar-refractivity contribution in [3.8, 4) is 0 Å². The lowest BCUT2D eigenvalue weighted by Crippen LogP contribution is -2.60. The van der Waals surface area contributed by atoms with Gasteiger partial charge in [0.2, 0.25) is 33.3 Å². The van der Waals surface area contributed by atoms with Gasteiger partial charge in [0.05, 0.1) is 35.3 Å². The molecule has 598 valence electrons. The molecular formula is C67H134O25SSi10. The molecule has 0 aromatic rings. The number of carbonyl (C=O) groups is 10. The van der Waals surface area contributed by atoms with Gasteiger partial charge in [-0.3, -0.25) is 47.9 Å². The number of carbonyl (C=O) groups excluding carboxylic acids is 10. The Bertz CT molecular complexity index is 2630. The third kappa shape index (κ3) is 39.8. The highest BCUT2D eigenvalue weighted by molar-refractivity contribution is 8.01. The predicted molar refractivity (Wildman–Crippen MR) is 423 cm³/mol. The Hall–Kier alpha value is -2.98. The van der Waals surface area contributed by atoms with Crippen LogP contribution in [0.5, 0.6) is 0 Å². The molecule has 0 aliphatic carbocycles. The van der Waals surface area contributed by atoms with Crippen molar-refractivity contribution >= 4 is 155 Å². The average molecular weight is 1650 g/mol. The molecule has 5 unspecified atom stereocenters. The van der Waals surface area contributed by atoms with Gasteiger partial charge in [0.25, 0.3) is 77.4 Å². The SMILES string of the molecule is CC1(C)OCC(=O)O[Si]1(C)C.CC1CC(=O)O[Si](C)(C)C1.CC1CC[Si](C)(C)OC1=O.CC1C[Si](C)(C)OC(=O)C1C.CC1OC[Si](C)(C)OC1=O.CCO[Si]1(OCC)CCCC(=O)O1.CC[Si]1(CC)CCCC(=O)O1.C[Si]1(C)CCCC(=O)O1.C[Si]1(C)COCC(=O)O1.C[Si]1(C)CSCC(=O)O1. The predicted octanol–water partition coefficient (Wildman–Crippen LogP) is 13.8. The summed E-state index contributed by atoms with van der Waals surface area (Å²) in [5, 5.41) is 0.805. The fourth-order valence-corrected chi connectivity index (χ4v) is 33.9. The Morgan fingerprint density at radius 2 is 0.913 bits per heavy atom. The molecule has 10 rings (SSSR count). The average Bonchev–Trinajstić information content (AvgIpc) is 0.796. The Morgan fingerprint density at radius 3 is 1.28 bits per heavy atom. The Balaban J connectivity index is 0.000000573. The minimum atomic E-state index is -2.60. The molecule has 0 saturated carbocycles. The van der Waals surface area contributed by atoms with E-state index in [0.29, 0.717) is 68.9 Å². The minimum Gasteiger partial charge on any atom is -0.520 e. The van der Waals surface area contributed by atoms with Crippen molar-refractivity contribution in [2.75, 3.05) is 50.0 Å².